The second-order valence-electron chi connectivity index (χ2n) is 7.06. The van der Waals surface area contributed by atoms with Gasteiger partial charge >= 0.3 is 0 Å². The number of benzene rings is 2. The fraction of sp³-hybridized carbons (Fsp3) is 0.136. The molecule has 2 amide bonds. The molecule has 0 unspecified atom stereocenters. The van der Waals surface area contributed by atoms with Gasteiger partial charge in [0.05, 0.1) is 17.0 Å². The highest BCUT2D eigenvalue weighted by atomic mass is 16.2. The van der Waals surface area contributed by atoms with Crippen LogP contribution >= 0.6 is 0 Å². The summed E-state index contributed by atoms with van der Waals surface area (Å²) in [6.45, 7) is 0.860. The molecule has 6 nitrogen and oxygen atoms in total. The van der Waals surface area contributed by atoms with Gasteiger partial charge in [-0.2, -0.15) is 0 Å². The van der Waals surface area contributed by atoms with Gasteiger partial charge < -0.3 is 15.2 Å². The van der Waals surface area contributed by atoms with Gasteiger partial charge in [0, 0.05) is 47.5 Å². The highest BCUT2D eigenvalue weighted by molar-refractivity contribution is 6.07. The lowest BCUT2D eigenvalue weighted by molar-refractivity contribution is -0.123. The van der Waals surface area contributed by atoms with Gasteiger partial charge in [-0.25, -0.2) is 0 Å². The van der Waals surface area contributed by atoms with Crippen molar-refractivity contribution in [2.45, 2.75) is 0 Å². The van der Waals surface area contributed by atoms with Gasteiger partial charge in [-0.3, -0.25) is 14.6 Å². The zero-order chi connectivity index (χ0) is 19.1. The number of rotatable bonds is 3. The van der Waals surface area contributed by atoms with E-state index in [0.29, 0.717) is 18.7 Å². The third kappa shape index (κ3) is 2.79. The lowest BCUT2D eigenvalue weighted by Gasteiger charge is -2.38. The van der Waals surface area contributed by atoms with Crippen LogP contribution in [0.1, 0.15) is 10.4 Å². The van der Waals surface area contributed by atoms with Crippen LogP contribution in [-0.4, -0.2) is 39.8 Å². The fourth-order valence-corrected chi connectivity index (χ4v) is 3.63. The monoisotopic (exact) mass is 370 g/mol. The topological polar surface area (TPSA) is 78.1 Å². The molecule has 28 heavy (non-hydrogen) atoms. The van der Waals surface area contributed by atoms with Crippen LogP contribution in [0.5, 0.6) is 0 Å². The Hall–Kier alpha value is -3.67. The van der Waals surface area contributed by atoms with Gasteiger partial charge in [-0.1, -0.05) is 24.3 Å². The van der Waals surface area contributed by atoms with Gasteiger partial charge in [-0.15, -0.1) is 0 Å². The summed E-state index contributed by atoms with van der Waals surface area (Å²) in [6, 6.07) is 17.2. The van der Waals surface area contributed by atoms with E-state index < -0.39 is 0 Å². The number of anilines is 1. The average Bonchev–Trinajstić information content (AvgIpc) is 3.11. The second-order valence-corrected chi connectivity index (χ2v) is 7.06. The van der Waals surface area contributed by atoms with Gasteiger partial charge in [0.25, 0.3) is 5.91 Å². The maximum atomic E-state index is 12.7. The smallest absolute Gasteiger partial charge is 0.256 e. The van der Waals surface area contributed by atoms with E-state index in [0.717, 1.165) is 27.5 Å². The van der Waals surface area contributed by atoms with E-state index in [9.17, 15) is 9.59 Å². The molecule has 138 valence electrons. The van der Waals surface area contributed by atoms with Gasteiger partial charge in [0.15, 0.2) is 0 Å². The summed E-state index contributed by atoms with van der Waals surface area (Å²) in [5.41, 5.74) is 3.22. The van der Waals surface area contributed by atoms with Crippen molar-refractivity contribution >= 4 is 39.3 Å². The lowest BCUT2D eigenvalue weighted by Crippen LogP contribution is -2.54. The number of amides is 2. The van der Waals surface area contributed by atoms with E-state index >= 15 is 0 Å². The lowest BCUT2D eigenvalue weighted by atomic mass is 9.97. The molecule has 2 aromatic heterocycles. The first kappa shape index (κ1) is 16.5. The van der Waals surface area contributed by atoms with E-state index in [1.807, 2.05) is 54.6 Å². The molecule has 2 aromatic carbocycles. The average molecular weight is 370 g/mol. The van der Waals surface area contributed by atoms with Crippen molar-refractivity contribution < 1.29 is 9.59 Å². The number of H-pyrrole nitrogens is 1. The van der Waals surface area contributed by atoms with Gasteiger partial charge in [-0.05, 0) is 30.3 Å². The minimum absolute atomic E-state index is 0.0433. The molecule has 1 aliphatic rings. The number of nitrogens with one attached hydrogen (secondary N) is 2. The van der Waals surface area contributed by atoms with Crippen LogP contribution in [-0.2, 0) is 4.79 Å². The number of aromatic amines is 1. The molecule has 0 bridgehead atoms. The van der Waals surface area contributed by atoms with Gasteiger partial charge in [0.2, 0.25) is 5.91 Å². The third-order valence-corrected chi connectivity index (χ3v) is 5.23. The van der Waals surface area contributed by atoms with Crippen molar-refractivity contribution in [3.05, 3.63) is 72.6 Å². The largest absolute Gasteiger partial charge is 0.360 e. The number of pyridine rings is 1. The molecule has 3 heterocycles. The zero-order valence-corrected chi connectivity index (χ0v) is 15.1. The summed E-state index contributed by atoms with van der Waals surface area (Å²) >= 11 is 0. The van der Waals surface area contributed by atoms with Crippen molar-refractivity contribution in [3.8, 4) is 0 Å². The van der Waals surface area contributed by atoms with Crippen LogP contribution in [0.15, 0.2) is 67.0 Å². The van der Waals surface area contributed by atoms with Crippen molar-refractivity contribution in [2.75, 3.05) is 18.4 Å². The Bertz CT molecular complexity index is 1210. The molecule has 6 heteroatoms. The van der Waals surface area contributed by atoms with Crippen LogP contribution in [0.3, 0.4) is 0 Å². The molecule has 1 aliphatic heterocycles. The predicted octanol–water partition coefficient (Wildman–Crippen LogP) is 3.43. The Morgan fingerprint density at radius 2 is 1.93 bits per heavy atom. The van der Waals surface area contributed by atoms with E-state index in [1.54, 1.807) is 17.3 Å². The Balaban J connectivity index is 1.24. The molecular weight excluding hydrogens is 352 g/mol. The summed E-state index contributed by atoms with van der Waals surface area (Å²) in [5.74, 6) is -0.303. The molecule has 0 spiro atoms. The predicted molar refractivity (Wildman–Crippen MR) is 108 cm³/mol. The SMILES string of the molecule is O=C(Nc1ccc2ncccc2c1)C1CN(C(=O)c2c[nH]c3ccccc23)C1. The van der Waals surface area contributed by atoms with Crippen molar-refractivity contribution in [3.63, 3.8) is 0 Å². The summed E-state index contributed by atoms with van der Waals surface area (Å²) in [5, 5.41) is 4.83. The number of carbonyl (C=O) groups excluding carboxylic acids is 2. The molecule has 5 rings (SSSR count). The normalized spacial score (nSPS) is 14.2. The summed E-state index contributed by atoms with van der Waals surface area (Å²) in [6.07, 6.45) is 3.48. The van der Waals surface area contributed by atoms with Crippen LogP contribution in [0.4, 0.5) is 5.69 Å². The molecule has 2 N–H and O–H groups in total. The minimum Gasteiger partial charge on any atom is -0.360 e. The fourth-order valence-electron chi connectivity index (χ4n) is 3.63. The Kier molecular flexibility index (Phi) is 3.83. The molecule has 0 aliphatic carbocycles. The first-order valence-electron chi connectivity index (χ1n) is 9.20. The Morgan fingerprint density at radius 1 is 1.07 bits per heavy atom. The second kappa shape index (κ2) is 6.49. The quantitative estimate of drug-likeness (QED) is 0.580. The number of hydrogen-bond acceptors (Lipinski definition) is 3. The Labute approximate surface area is 161 Å². The molecule has 0 radical (unpaired) electrons. The van der Waals surface area contributed by atoms with Gasteiger partial charge in [0.1, 0.15) is 0 Å². The van der Waals surface area contributed by atoms with Crippen molar-refractivity contribution in [2.24, 2.45) is 5.92 Å². The maximum absolute atomic E-state index is 12.7. The number of carbonyl (C=O) groups is 2. The zero-order valence-electron chi connectivity index (χ0n) is 15.1. The maximum Gasteiger partial charge on any atom is 0.256 e. The van der Waals surface area contributed by atoms with Crippen LogP contribution in [0.2, 0.25) is 0 Å². The number of hydrogen-bond donors (Lipinski definition) is 2. The van der Waals surface area contributed by atoms with Crippen molar-refractivity contribution in [1.82, 2.24) is 14.9 Å². The van der Waals surface area contributed by atoms with Crippen LogP contribution < -0.4 is 5.32 Å². The van der Waals surface area contributed by atoms with E-state index in [-0.39, 0.29) is 17.7 Å². The highest BCUT2D eigenvalue weighted by Gasteiger charge is 2.36. The number of aromatic nitrogens is 2. The number of likely N-dealkylation sites (tertiary alicyclic amines) is 1. The van der Waals surface area contributed by atoms with E-state index in [4.69, 9.17) is 0 Å². The first-order valence-corrected chi connectivity index (χ1v) is 9.20. The third-order valence-electron chi connectivity index (χ3n) is 5.23. The first-order chi connectivity index (χ1) is 13.7. The number of fused-ring (bicyclic) bond motifs is 2. The molecule has 0 atom stereocenters. The summed E-state index contributed by atoms with van der Waals surface area (Å²) in [7, 11) is 0. The molecule has 1 saturated heterocycles. The van der Waals surface area contributed by atoms with E-state index in [2.05, 4.69) is 15.3 Å². The van der Waals surface area contributed by atoms with E-state index in [1.165, 1.54) is 0 Å². The van der Waals surface area contributed by atoms with Crippen LogP contribution in [0, 0.1) is 5.92 Å². The summed E-state index contributed by atoms with van der Waals surface area (Å²) in [4.78, 5) is 34.4. The Morgan fingerprint density at radius 3 is 2.82 bits per heavy atom. The van der Waals surface area contributed by atoms with Crippen molar-refractivity contribution in [1.29, 1.82) is 0 Å². The standard InChI is InChI=1S/C22H18N4O2/c27-21(25-16-7-8-19-14(10-16)4-3-9-23-19)15-12-26(13-15)22(28)18-11-24-20-6-2-1-5-17(18)20/h1-11,15,24H,12-13H2,(H,25,27). The minimum atomic E-state index is -0.196. The molecule has 1 fully saturated rings. The highest BCUT2D eigenvalue weighted by Crippen LogP contribution is 2.25. The summed E-state index contributed by atoms with van der Waals surface area (Å²) < 4.78 is 0. The number of nitrogens with zero attached hydrogens (tertiary/aromatic N) is 2. The molecule has 0 saturated carbocycles. The van der Waals surface area contributed by atoms with Crippen LogP contribution in [0.25, 0.3) is 21.8 Å². The molecule has 4 aromatic rings. The molecular formula is C22H18N4O2. The number of para-hydroxylation sites is 1.